The summed E-state index contributed by atoms with van der Waals surface area (Å²) >= 11 is 4.43. The lowest BCUT2D eigenvalue weighted by molar-refractivity contribution is 0.277. The van der Waals surface area contributed by atoms with Crippen molar-refractivity contribution in [3.63, 3.8) is 0 Å². The van der Waals surface area contributed by atoms with Crippen LogP contribution < -0.4 is 0 Å². The summed E-state index contributed by atoms with van der Waals surface area (Å²) in [5.74, 6) is 1.55. The van der Waals surface area contributed by atoms with Crippen LogP contribution in [0.25, 0.3) is 11.6 Å². The predicted octanol–water partition coefficient (Wildman–Crippen LogP) is 2.67. The van der Waals surface area contributed by atoms with Crippen LogP contribution in [0.15, 0.2) is 28.8 Å². The molecule has 0 amide bonds. The molecule has 1 aliphatic heterocycles. The average molecular weight is 261 g/mol. The summed E-state index contributed by atoms with van der Waals surface area (Å²) < 4.78 is 7.89. The molecule has 94 valence electrons. The van der Waals surface area contributed by atoms with Crippen molar-refractivity contribution in [3.05, 3.63) is 35.9 Å². The zero-order valence-corrected chi connectivity index (χ0v) is 11.3. The Morgan fingerprint density at radius 2 is 2.22 bits per heavy atom. The third-order valence-corrected chi connectivity index (χ3v) is 3.39. The lowest BCUT2D eigenvalue weighted by Crippen LogP contribution is -2.36. The van der Waals surface area contributed by atoms with Gasteiger partial charge in [-0.05, 0) is 12.1 Å². The van der Waals surface area contributed by atoms with Gasteiger partial charge in [0, 0.05) is 18.2 Å². The van der Waals surface area contributed by atoms with Crippen LogP contribution in [0.3, 0.4) is 0 Å². The Kier molecular flexibility index (Phi) is 2.68. The second-order valence-electron chi connectivity index (χ2n) is 5.22. The van der Waals surface area contributed by atoms with E-state index in [-0.39, 0.29) is 5.41 Å². The van der Waals surface area contributed by atoms with E-state index in [0.717, 1.165) is 23.7 Å². The molecule has 18 heavy (non-hydrogen) atoms. The van der Waals surface area contributed by atoms with Crippen LogP contribution in [-0.4, -0.2) is 20.8 Å². The molecule has 0 aliphatic carbocycles. The van der Waals surface area contributed by atoms with Crippen LogP contribution in [0.5, 0.6) is 0 Å². The van der Waals surface area contributed by atoms with E-state index in [0.29, 0.717) is 12.4 Å². The fourth-order valence-corrected chi connectivity index (χ4v) is 2.83. The first-order valence-electron chi connectivity index (χ1n) is 5.92. The van der Waals surface area contributed by atoms with Crippen LogP contribution in [0.2, 0.25) is 0 Å². The van der Waals surface area contributed by atoms with E-state index in [4.69, 9.17) is 4.42 Å². The number of thiol groups is 1. The van der Waals surface area contributed by atoms with Gasteiger partial charge in [0.2, 0.25) is 5.89 Å². The van der Waals surface area contributed by atoms with Gasteiger partial charge < -0.3 is 4.42 Å². The Morgan fingerprint density at radius 3 is 2.94 bits per heavy atom. The molecule has 2 aromatic rings. The quantitative estimate of drug-likeness (QED) is 0.801. The molecule has 0 unspecified atom stereocenters. The molecule has 5 heteroatoms. The molecule has 0 spiro atoms. The predicted molar refractivity (Wildman–Crippen MR) is 72.2 cm³/mol. The fourth-order valence-electron chi connectivity index (χ4n) is 2.34. The van der Waals surface area contributed by atoms with Crippen molar-refractivity contribution < 1.29 is 4.42 Å². The Balaban J connectivity index is 2.07. The average Bonchev–Trinajstić information content (AvgIpc) is 2.74. The Hall–Kier alpha value is -1.33. The van der Waals surface area contributed by atoms with Gasteiger partial charge in [0.25, 0.3) is 0 Å². The van der Waals surface area contributed by atoms with E-state index in [1.165, 1.54) is 0 Å². The molecule has 0 N–H and O–H groups in total. The molecule has 0 atom stereocenters. The molecule has 0 saturated heterocycles. The molecule has 0 bridgehead atoms. The second-order valence-corrected chi connectivity index (χ2v) is 5.78. The highest BCUT2D eigenvalue weighted by molar-refractivity contribution is 7.77. The normalized spacial score (nSPS) is 18.6. The highest BCUT2D eigenvalue weighted by Gasteiger charge is 2.36. The third kappa shape index (κ3) is 1.93. The van der Waals surface area contributed by atoms with Crippen LogP contribution in [0.1, 0.15) is 25.3 Å². The largest absolute Gasteiger partial charge is 0.439 e. The molecule has 2 aromatic heterocycles. The summed E-state index contributed by atoms with van der Waals surface area (Å²) in [7, 11) is 0. The van der Waals surface area contributed by atoms with E-state index >= 15 is 0 Å². The van der Waals surface area contributed by atoms with Crippen molar-refractivity contribution in [1.29, 1.82) is 0 Å². The van der Waals surface area contributed by atoms with E-state index in [1.54, 1.807) is 6.20 Å². The van der Waals surface area contributed by atoms with Crippen molar-refractivity contribution in [1.82, 2.24) is 14.3 Å². The number of oxazole rings is 1. The summed E-state index contributed by atoms with van der Waals surface area (Å²) in [5, 5.41) is 0. The molecule has 0 aromatic carbocycles. The zero-order valence-electron chi connectivity index (χ0n) is 10.4. The summed E-state index contributed by atoms with van der Waals surface area (Å²) in [5.41, 5.74) is 1.66. The zero-order chi connectivity index (χ0) is 12.8. The van der Waals surface area contributed by atoms with Gasteiger partial charge >= 0.3 is 0 Å². The number of nitrogens with zero attached hydrogens (tertiary/aromatic N) is 3. The summed E-state index contributed by atoms with van der Waals surface area (Å²) in [6, 6.07) is 5.72. The molecule has 1 aliphatic rings. The molecule has 3 heterocycles. The molecule has 0 fully saturated rings. The molecular weight excluding hydrogens is 246 g/mol. The Bertz CT molecular complexity index is 565. The standard InChI is InChI=1S/C13H15N3OS/c1-13(2)8-16(18)7-10-11(13)17-12(15-10)9-5-3-4-6-14-9/h3-6,18H,7-8H2,1-2H3. The first-order valence-corrected chi connectivity index (χ1v) is 6.32. The molecule has 0 radical (unpaired) electrons. The number of rotatable bonds is 1. The maximum absolute atomic E-state index is 5.92. The first kappa shape index (κ1) is 11.7. The van der Waals surface area contributed by atoms with Gasteiger partial charge in [0.15, 0.2) is 0 Å². The highest BCUT2D eigenvalue weighted by Crippen LogP contribution is 2.36. The number of hydrogen-bond donors (Lipinski definition) is 1. The van der Waals surface area contributed by atoms with Gasteiger partial charge in [-0.1, -0.05) is 32.7 Å². The van der Waals surface area contributed by atoms with Crippen molar-refractivity contribution in [3.8, 4) is 11.6 Å². The van der Waals surface area contributed by atoms with Crippen LogP contribution >= 0.6 is 12.8 Å². The summed E-state index contributed by atoms with van der Waals surface area (Å²) in [6.07, 6.45) is 1.74. The molecule has 0 saturated carbocycles. The van der Waals surface area contributed by atoms with Gasteiger partial charge in [-0.25, -0.2) is 9.29 Å². The Morgan fingerprint density at radius 1 is 1.39 bits per heavy atom. The van der Waals surface area contributed by atoms with E-state index in [9.17, 15) is 0 Å². The van der Waals surface area contributed by atoms with Gasteiger partial charge in [0.1, 0.15) is 11.5 Å². The number of pyridine rings is 1. The number of aromatic nitrogens is 2. The number of fused-ring (bicyclic) bond motifs is 1. The fraction of sp³-hybridized carbons (Fsp3) is 0.385. The molecule has 4 nitrogen and oxygen atoms in total. The topological polar surface area (TPSA) is 42.2 Å². The molecule has 3 rings (SSSR count). The van der Waals surface area contributed by atoms with Gasteiger partial charge in [-0.2, -0.15) is 0 Å². The van der Waals surface area contributed by atoms with E-state index in [2.05, 4.69) is 36.6 Å². The molecular formula is C13H15N3OS. The van der Waals surface area contributed by atoms with Crippen molar-refractivity contribution in [2.24, 2.45) is 0 Å². The summed E-state index contributed by atoms with van der Waals surface area (Å²) in [6.45, 7) is 5.83. The van der Waals surface area contributed by atoms with Gasteiger partial charge in [-0.3, -0.25) is 4.98 Å². The Labute approximate surface area is 112 Å². The second kappa shape index (κ2) is 4.10. The summed E-state index contributed by atoms with van der Waals surface area (Å²) in [4.78, 5) is 8.82. The number of hydrogen-bond acceptors (Lipinski definition) is 5. The SMILES string of the molecule is CC1(C)CN(S)Cc2nc(-c3ccccn3)oc21. The third-order valence-electron chi connectivity index (χ3n) is 3.11. The lowest BCUT2D eigenvalue weighted by atomic mass is 9.86. The maximum atomic E-state index is 5.92. The van der Waals surface area contributed by atoms with E-state index < -0.39 is 0 Å². The minimum atomic E-state index is -0.0740. The minimum absolute atomic E-state index is 0.0740. The van der Waals surface area contributed by atoms with Gasteiger partial charge in [-0.15, -0.1) is 0 Å². The van der Waals surface area contributed by atoms with Crippen molar-refractivity contribution in [2.45, 2.75) is 25.8 Å². The van der Waals surface area contributed by atoms with Gasteiger partial charge in [0.05, 0.1) is 12.2 Å². The van der Waals surface area contributed by atoms with E-state index in [1.807, 2.05) is 22.5 Å². The lowest BCUT2D eigenvalue weighted by Gasteiger charge is -2.32. The monoisotopic (exact) mass is 261 g/mol. The van der Waals surface area contributed by atoms with Crippen LogP contribution in [-0.2, 0) is 12.0 Å². The minimum Gasteiger partial charge on any atom is -0.439 e. The smallest absolute Gasteiger partial charge is 0.245 e. The van der Waals surface area contributed by atoms with Crippen molar-refractivity contribution >= 4 is 12.8 Å². The van der Waals surface area contributed by atoms with Crippen molar-refractivity contribution in [2.75, 3.05) is 6.54 Å². The first-order chi connectivity index (χ1) is 8.56. The van der Waals surface area contributed by atoms with Crippen LogP contribution in [0.4, 0.5) is 0 Å². The van der Waals surface area contributed by atoms with Crippen LogP contribution in [0, 0.1) is 0 Å². The maximum Gasteiger partial charge on any atom is 0.245 e. The highest BCUT2D eigenvalue weighted by atomic mass is 32.1.